The third-order valence-electron chi connectivity index (χ3n) is 2.48. The van der Waals surface area contributed by atoms with E-state index in [0.717, 1.165) is 0 Å². The molecule has 1 saturated carbocycles. The fourth-order valence-corrected chi connectivity index (χ4v) is 2.37. The standard InChI is InChI=1S/C10H12ClNOS/c1-6(7-2-3-7)12-10(13)8-4-5-9(11)14-8/h4-7H,2-3H2,1H3,(H,12,13). The van der Waals surface area contributed by atoms with Crippen LogP contribution in [0, 0.1) is 5.92 Å². The quantitative estimate of drug-likeness (QED) is 0.849. The molecule has 0 spiro atoms. The van der Waals surface area contributed by atoms with Gasteiger partial charge >= 0.3 is 0 Å². The van der Waals surface area contributed by atoms with Gasteiger partial charge in [0, 0.05) is 6.04 Å². The fraction of sp³-hybridized carbons (Fsp3) is 0.500. The number of carbonyl (C=O) groups excluding carboxylic acids is 1. The molecule has 1 atom stereocenters. The number of halogens is 1. The molecule has 1 aromatic heterocycles. The predicted octanol–water partition coefficient (Wildman–Crippen LogP) is 2.93. The third kappa shape index (κ3) is 2.28. The van der Waals surface area contributed by atoms with Crippen LogP contribution in [0.2, 0.25) is 4.34 Å². The van der Waals surface area contributed by atoms with Gasteiger partial charge in [-0.3, -0.25) is 4.79 Å². The van der Waals surface area contributed by atoms with Crippen molar-refractivity contribution in [2.75, 3.05) is 0 Å². The van der Waals surface area contributed by atoms with E-state index >= 15 is 0 Å². The Morgan fingerprint density at radius 1 is 1.64 bits per heavy atom. The second kappa shape index (κ2) is 3.91. The Kier molecular flexibility index (Phi) is 2.79. The lowest BCUT2D eigenvalue weighted by Crippen LogP contribution is -2.33. The van der Waals surface area contributed by atoms with Crippen LogP contribution in [0.5, 0.6) is 0 Å². The Labute approximate surface area is 92.3 Å². The monoisotopic (exact) mass is 229 g/mol. The number of carbonyl (C=O) groups is 1. The van der Waals surface area contributed by atoms with Crippen molar-refractivity contribution < 1.29 is 4.79 Å². The lowest BCUT2D eigenvalue weighted by atomic mass is 10.2. The minimum atomic E-state index is 0.00120. The lowest BCUT2D eigenvalue weighted by Gasteiger charge is -2.11. The number of hydrogen-bond donors (Lipinski definition) is 1. The number of nitrogens with one attached hydrogen (secondary N) is 1. The van der Waals surface area contributed by atoms with Crippen molar-refractivity contribution in [3.63, 3.8) is 0 Å². The molecule has 14 heavy (non-hydrogen) atoms. The van der Waals surface area contributed by atoms with Crippen molar-refractivity contribution in [2.24, 2.45) is 5.92 Å². The Hall–Kier alpha value is -0.540. The van der Waals surface area contributed by atoms with E-state index in [9.17, 15) is 4.79 Å². The summed E-state index contributed by atoms with van der Waals surface area (Å²) in [5, 5.41) is 2.98. The van der Waals surface area contributed by atoms with E-state index in [2.05, 4.69) is 12.2 Å². The highest BCUT2D eigenvalue weighted by molar-refractivity contribution is 7.17. The highest BCUT2D eigenvalue weighted by Gasteiger charge is 2.29. The molecule has 0 bridgehead atoms. The second-order valence-corrected chi connectivity index (χ2v) is 5.42. The molecular weight excluding hydrogens is 218 g/mol. The zero-order valence-electron chi connectivity index (χ0n) is 7.92. The van der Waals surface area contributed by atoms with Gasteiger partial charge in [0.25, 0.3) is 5.91 Å². The number of rotatable bonds is 3. The van der Waals surface area contributed by atoms with Gasteiger partial charge in [-0.05, 0) is 37.8 Å². The Balaban J connectivity index is 1.94. The number of amides is 1. The first-order valence-corrected chi connectivity index (χ1v) is 5.92. The summed E-state index contributed by atoms with van der Waals surface area (Å²) < 4.78 is 0.661. The third-order valence-corrected chi connectivity index (χ3v) is 3.71. The Morgan fingerprint density at radius 2 is 2.36 bits per heavy atom. The van der Waals surface area contributed by atoms with Crippen LogP contribution in [0.1, 0.15) is 29.4 Å². The highest BCUT2D eigenvalue weighted by atomic mass is 35.5. The normalized spacial score (nSPS) is 17.9. The molecule has 0 aliphatic heterocycles. The molecule has 1 N–H and O–H groups in total. The summed E-state index contributed by atoms with van der Waals surface area (Å²) in [6, 6.07) is 3.81. The van der Waals surface area contributed by atoms with Gasteiger partial charge in [-0.2, -0.15) is 0 Å². The smallest absolute Gasteiger partial charge is 0.261 e. The van der Waals surface area contributed by atoms with Crippen molar-refractivity contribution in [1.82, 2.24) is 5.32 Å². The van der Waals surface area contributed by atoms with Crippen LogP contribution in [0.3, 0.4) is 0 Å². The van der Waals surface area contributed by atoms with Gasteiger partial charge in [0.15, 0.2) is 0 Å². The van der Waals surface area contributed by atoms with Crippen LogP contribution in [0.25, 0.3) is 0 Å². The molecule has 1 amide bonds. The molecular formula is C10H12ClNOS. The van der Waals surface area contributed by atoms with Crippen molar-refractivity contribution in [3.8, 4) is 0 Å². The van der Waals surface area contributed by atoms with Crippen molar-refractivity contribution >= 4 is 28.8 Å². The summed E-state index contributed by atoms with van der Waals surface area (Å²) in [6.07, 6.45) is 2.49. The van der Waals surface area contributed by atoms with E-state index in [1.54, 1.807) is 12.1 Å². The zero-order chi connectivity index (χ0) is 10.1. The molecule has 0 radical (unpaired) electrons. The maximum absolute atomic E-state index is 11.6. The molecule has 1 aromatic rings. The van der Waals surface area contributed by atoms with E-state index in [0.29, 0.717) is 21.2 Å². The van der Waals surface area contributed by atoms with Gasteiger partial charge in [0.2, 0.25) is 0 Å². The predicted molar refractivity (Wildman–Crippen MR) is 59.0 cm³/mol. The van der Waals surface area contributed by atoms with E-state index in [4.69, 9.17) is 11.6 Å². The van der Waals surface area contributed by atoms with Crippen LogP contribution in [-0.4, -0.2) is 11.9 Å². The minimum absolute atomic E-state index is 0.00120. The fourth-order valence-electron chi connectivity index (χ4n) is 1.43. The maximum atomic E-state index is 11.6. The van der Waals surface area contributed by atoms with Gasteiger partial charge in [-0.15, -0.1) is 11.3 Å². The summed E-state index contributed by atoms with van der Waals surface area (Å²) >= 11 is 7.08. The second-order valence-electron chi connectivity index (χ2n) is 3.70. The van der Waals surface area contributed by atoms with Crippen molar-refractivity contribution in [2.45, 2.75) is 25.8 Å². The molecule has 1 unspecified atom stereocenters. The number of hydrogen-bond acceptors (Lipinski definition) is 2. The Morgan fingerprint density at radius 3 is 2.86 bits per heavy atom. The number of thiophene rings is 1. The molecule has 76 valence electrons. The minimum Gasteiger partial charge on any atom is -0.349 e. The maximum Gasteiger partial charge on any atom is 0.261 e. The van der Waals surface area contributed by atoms with E-state index in [1.165, 1.54) is 24.2 Å². The van der Waals surface area contributed by atoms with E-state index in [1.807, 2.05) is 0 Å². The highest BCUT2D eigenvalue weighted by Crippen LogP contribution is 2.32. The zero-order valence-corrected chi connectivity index (χ0v) is 9.49. The molecule has 1 fully saturated rings. The molecule has 2 nitrogen and oxygen atoms in total. The summed E-state index contributed by atoms with van der Waals surface area (Å²) in [7, 11) is 0. The molecule has 2 rings (SSSR count). The van der Waals surface area contributed by atoms with Gasteiger partial charge in [0.05, 0.1) is 9.21 Å². The summed E-state index contributed by atoms with van der Waals surface area (Å²) in [5.41, 5.74) is 0. The summed E-state index contributed by atoms with van der Waals surface area (Å²) in [5.74, 6) is 0.690. The first-order valence-electron chi connectivity index (χ1n) is 4.73. The van der Waals surface area contributed by atoms with Crippen LogP contribution in [-0.2, 0) is 0 Å². The molecule has 0 aromatic carbocycles. The van der Waals surface area contributed by atoms with Crippen LogP contribution < -0.4 is 5.32 Å². The van der Waals surface area contributed by atoms with Gasteiger partial charge in [0.1, 0.15) is 0 Å². The SMILES string of the molecule is CC(NC(=O)c1ccc(Cl)s1)C1CC1. The Bertz CT molecular complexity index is 346. The first kappa shape index (κ1) is 9.99. The first-order chi connectivity index (χ1) is 6.66. The average Bonchev–Trinajstić information content (AvgIpc) is 2.89. The molecule has 4 heteroatoms. The molecule has 1 aliphatic rings. The topological polar surface area (TPSA) is 29.1 Å². The summed E-state index contributed by atoms with van der Waals surface area (Å²) in [6.45, 7) is 2.06. The molecule has 1 heterocycles. The van der Waals surface area contributed by atoms with Gasteiger partial charge < -0.3 is 5.32 Å². The lowest BCUT2D eigenvalue weighted by molar-refractivity contribution is 0.0940. The van der Waals surface area contributed by atoms with E-state index in [-0.39, 0.29) is 5.91 Å². The average molecular weight is 230 g/mol. The van der Waals surface area contributed by atoms with Crippen molar-refractivity contribution in [3.05, 3.63) is 21.3 Å². The molecule has 0 saturated heterocycles. The van der Waals surface area contributed by atoms with Crippen LogP contribution in [0.4, 0.5) is 0 Å². The summed E-state index contributed by atoms with van der Waals surface area (Å²) in [4.78, 5) is 12.3. The van der Waals surface area contributed by atoms with E-state index < -0.39 is 0 Å². The van der Waals surface area contributed by atoms with Crippen LogP contribution in [0.15, 0.2) is 12.1 Å². The van der Waals surface area contributed by atoms with Gasteiger partial charge in [-0.1, -0.05) is 11.6 Å². The molecule has 1 aliphatic carbocycles. The van der Waals surface area contributed by atoms with Gasteiger partial charge in [-0.25, -0.2) is 0 Å². The van der Waals surface area contributed by atoms with Crippen LogP contribution >= 0.6 is 22.9 Å². The largest absolute Gasteiger partial charge is 0.349 e. The van der Waals surface area contributed by atoms with Crippen molar-refractivity contribution in [1.29, 1.82) is 0 Å².